The summed E-state index contributed by atoms with van der Waals surface area (Å²) >= 11 is 1.32. The molecule has 0 bridgehead atoms. The zero-order valence-electron chi connectivity index (χ0n) is 24.2. The van der Waals surface area contributed by atoms with Gasteiger partial charge in [-0.3, -0.25) is 14.2 Å². The molecule has 0 radical (unpaired) electrons. The molecule has 1 N–H and O–H groups in total. The summed E-state index contributed by atoms with van der Waals surface area (Å²) in [4.78, 5) is 28.4. The van der Waals surface area contributed by atoms with Gasteiger partial charge in [0.05, 0.1) is 18.6 Å². The number of hydrogen-bond donors (Lipinski definition) is 1. The molecule has 218 valence electrons. The SMILES string of the molecule is CCc1ccccc1-n1c(SCC(=O)N(CC(=O)NC2CCCCC2)c2ccc(OC)cc2)nnc1-c1ccccc1. The number of anilines is 1. The smallest absolute Gasteiger partial charge is 0.240 e. The van der Waals surface area contributed by atoms with Crippen LogP contribution < -0.4 is 15.0 Å². The molecular weight excluding hydrogens is 546 g/mol. The van der Waals surface area contributed by atoms with Crippen LogP contribution in [-0.4, -0.2) is 52.0 Å². The van der Waals surface area contributed by atoms with Gasteiger partial charge in [-0.15, -0.1) is 10.2 Å². The molecule has 1 aliphatic rings. The normalized spacial score (nSPS) is 13.5. The lowest BCUT2D eigenvalue weighted by Crippen LogP contribution is -2.45. The summed E-state index contributed by atoms with van der Waals surface area (Å²) in [6.45, 7) is 2.07. The highest BCUT2D eigenvalue weighted by Crippen LogP contribution is 2.30. The van der Waals surface area contributed by atoms with Gasteiger partial charge in [-0.1, -0.05) is 86.5 Å². The summed E-state index contributed by atoms with van der Waals surface area (Å²) in [5.41, 5.74) is 3.72. The van der Waals surface area contributed by atoms with Gasteiger partial charge in [0.15, 0.2) is 11.0 Å². The lowest BCUT2D eigenvalue weighted by molar-refractivity contribution is -0.123. The van der Waals surface area contributed by atoms with E-state index in [0.717, 1.165) is 48.9 Å². The van der Waals surface area contributed by atoms with Gasteiger partial charge >= 0.3 is 0 Å². The second-order valence-corrected chi connectivity index (χ2v) is 11.3. The highest BCUT2D eigenvalue weighted by Gasteiger charge is 2.24. The minimum atomic E-state index is -0.191. The number of hydrogen-bond acceptors (Lipinski definition) is 6. The average Bonchev–Trinajstić information content (AvgIpc) is 3.47. The van der Waals surface area contributed by atoms with Crippen LogP contribution in [0.15, 0.2) is 84.0 Å². The number of carbonyl (C=O) groups is 2. The number of nitrogens with one attached hydrogen (secondary N) is 1. The Kier molecular flexibility index (Phi) is 9.92. The summed E-state index contributed by atoms with van der Waals surface area (Å²) in [7, 11) is 1.60. The predicted octanol–water partition coefficient (Wildman–Crippen LogP) is 6.08. The first kappa shape index (κ1) is 29.4. The Labute approximate surface area is 251 Å². The van der Waals surface area contributed by atoms with Crippen LogP contribution >= 0.6 is 11.8 Å². The second-order valence-electron chi connectivity index (χ2n) is 10.4. The van der Waals surface area contributed by atoms with E-state index in [4.69, 9.17) is 4.74 Å². The van der Waals surface area contributed by atoms with Crippen LogP contribution in [0.5, 0.6) is 5.75 Å². The Morgan fingerprint density at radius 3 is 2.38 bits per heavy atom. The lowest BCUT2D eigenvalue weighted by Gasteiger charge is -2.26. The molecule has 1 aliphatic carbocycles. The van der Waals surface area contributed by atoms with Gasteiger partial charge in [0.1, 0.15) is 12.3 Å². The molecular formula is C33H37N5O3S. The topological polar surface area (TPSA) is 89.4 Å². The molecule has 1 aromatic heterocycles. The van der Waals surface area contributed by atoms with Crippen molar-refractivity contribution >= 4 is 29.3 Å². The number of thioether (sulfide) groups is 1. The van der Waals surface area contributed by atoms with Gasteiger partial charge in [-0.05, 0) is 55.2 Å². The molecule has 0 unspecified atom stereocenters. The minimum Gasteiger partial charge on any atom is -0.497 e. The summed E-state index contributed by atoms with van der Waals surface area (Å²) in [6, 6.07) is 25.5. The second kappa shape index (κ2) is 14.2. The van der Waals surface area contributed by atoms with Crippen molar-refractivity contribution in [2.24, 2.45) is 0 Å². The van der Waals surface area contributed by atoms with Crippen molar-refractivity contribution in [1.29, 1.82) is 0 Å². The van der Waals surface area contributed by atoms with Gasteiger partial charge in [-0.2, -0.15) is 0 Å². The Morgan fingerprint density at radius 2 is 1.67 bits per heavy atom. The molecule has 5 rings (SSSR count). The van der Waals surface area contributed by atoms with Gasteiger partial charge in [0.2, 0.25) is 11.8 Å². The van der Waals surface area contributed by atoms with Crippen molar-refractivity contribution in [3.63, 3.8) is 0 Å². The van der Waals surface area contributed by atoms with Crippen LogP contribution in [0, 0.1) is 0 Å². The monoisotopic (exact) mass is 583 g/mol. The summed E-state index contributed by atoms with van der Waals surface area (Å²) in [5.74, 6) is 1.14. The van der Waals surface area contributed by atoms with E-state index in [1.165, 1.54) is 18.2 Å². The Hall–Kier alpha value is -4.11. The van der Waals surface area contributed by atoms with E-state index in [-0.39, 0.29) is 30.2 Å². The number of carbonyl (C=O) groups excluding carboxylic acids is 2. The third-order valence-corrected chi connectivity index (χ3v) is 8.47. The van der Waals surface area contributed by atoms with Crippen molar-refractivity contribution in [1.82, 2.24) is 20.1 Å². The van der Waals surface area contributed by atoms with E-state index >= 15 is 0 Å². The maximum atomic E-state index is 13.8. The minimum absolute atomic E-state index is 0.0527. The van der Waals surface area contributed by atoms with Crippen molar-refractivity contribution < 1.29 is 14.3 Å². The molecule has 4 aromatic rings. The number of para-hydroxylation sites is 1. The van der Waals surface area contributed by atoms with E-state index in [0.29, 0.717) is 22.4 Å². The maximum Gasteiger partial charge on any atom is 0.240 e. The number of aryl methyl sites for hydroxylation is 1. The third kappa shape index (κ3) is 7.02. The maximum absolute atomic E-state index is 13.8. The van der Waals surface area contributed by atoms with Crippen LogP contribution in [0.25, 0.3) is 17.1 Å². The van der Waals surface area contributed by atoms with Crippen LogP contribution in [0.4, 0.5) is 5.69 Å². The molecule has 0 saturated heterocycles. The lowest BCUT2D eigenvalue weighted by atomic mass is 9.95. The molecule has 1 heterocycles. The van der Waals surface area contributed by atoms with E-state index < -0.39 is 0 Å². The first-order valence-corrected chi connectivity index (χ1v) is 15.5. The quantitative estimate of drug-likeness (QED) is 0.215. The number of ether oxygens (including phenoxy) is 1. The number of rotatable bonds is 11. The predicted molar refractivity (Wildman–Crippen MR) is 167 cm³/mol. The van der Waals surface area contributed by atoms with Crippen molar-refractivity contribution in [2.75, 3.05) is 24.3 Å². The molecule has 42 heavy (non-hydrogen) atoms. The van der Waals surface area contributed by atoms with E-state index in [1.807, 2.05) is 59.2 Å². The van der Waals surface area contributed by atoms with Crippen LogP contribution in [0.3, 0.4) is 0 Å². The molecule has 9 heteroatoms. The number of methoxy groups -OCH3 is 1. The number of amides is 2. The number of benzene rings is 3. The Bertz CT molecular complexity index is 1480. The molecule has 1 saturated carbocycles. The summed E-state index contributed by atoms with van der Waals surface area (Å²) in [5, 5.41) is 12.8. The Balaban J connectivity index is 1.40. The Morgan fingerprint density at radius 1 is 0.952 bits per heavy atom. The van der Waals surface area contributed by atoms with Crippen LogP contribution in [0.2, 0.25) is 0 Å². The fourth-order valence-electron chi connectivity index (χ4n) is 5.34. The molecule has 0 atom stereocenters. The van der Waals surface area contributed by atoms with Crippen molar-refractivity contribution in [3.05, 3.63) is 84.4 Å². The molecule has 2 amide bonds. The molecule has 1 fully saturated rings. The van der Waals surface area contributed by atoms with E-state index in [1.54, 1.807) is 24.1 Å². The highest BCUT2D eigenvalue weighted by molar-refractivity contribution is 7.99. The van der Waals surface area contributed by atoms with E-state index in [9.17, 15) is 9.59 Å². The van der Waals surface area contributed by atoms with Gasteiger partial charge < -0.3 is 15.0 Å². The fraction of sp³-hybridized carbons (Fsp3) is 0.333. The number of nitrogens with zero attached hydrogens (tertiary/aromatic N) is 4. The van der Waals surface area contributed by atoms with Crippen molar-refractivity contribution in [2.45, 2.75) is 56.6 Å². The summed E-state index contributed by atoms with van der Waals surface area (Å²) < 4.78 is 7.33. The molecule has 0 aliphatic heterocycles. The standard InChI is InChI=1S/C33H37N5O3S/c1-3-24-12-10-11-17-29(24)38-32(25-13-6-4-7-14-25)35-36-33(38)42-23-31(40)37(27-18-20-28(41-2)21-19-27)22-30(39)34-26-15-8-5-9-16-26/h4,6-7,10-14,17-21,26H,3,5,8-9,15-16,22-23H2,1-2H3,(H,34,39). The highest BCUT2D eigenvalue weighted by atomic mass is 32.2. The first-order valence-electron chi connectivity index (χ1n) is 14.5. The van der Waals surface area contributed by atoms with Crippen molar-refractivity contribution in [3.8, 4) is 22.8 Å². The van der Waals surface area contributed by atoms with E-state index in [2.05, 4.69) is 34.6 Å². The van der Waals surface area contributed by atoms with Crippen LogP contribution in [0.1, 0.15) is 44.6 Å². The molecule has 8 nitrogen and oxygen atoms in total. The first-order chi connectivity index (χ1) is 20.6. The fourth-order valence-corrected chi connectivity index (χ4v) is 6.16. The summed E-state index contributed by atoms with van der Waals surface area (Å²) in [6.07, 6.45) is 6.25. The van der Waals surface area contributed by atoms with Gasteiger partial charge in [0, 0.05) is 17.3 Å². The zero-order valence-corrected chi connectivity index (χ0v) is 25.0. The average molecular weight is 584 g/mol. The zero-order chi connectivity index (χ0) is 29.3. The van der Waals surface area contributed by atoms with Gasteiger partial charge in [-0.25, -0.2) is 0 Å². The van der Waals surface area contributed by atoms with Crippen LogP contribution in [-0.2, 0) is 16.0 Å². The largest absolute Gasteiger partial charge is 0.497 e. The third-order valence-electron chi connectivity index (χ3n) is 7.56. The van der Waals surface area contributed by atoms with Gasteiger partial charge in [0.25, 0.3) is 0 Å². The molecule has 3 aromatic carbocycles. The molecule has 0 spiro atoms. The number of aromatic nitrogens is 3.